The van der Waals surface area contributed by atoms with Crippen LogP contribution in [0, 0.1) is 0 Å². The Morgan fingerprint density at radius 1 is 1.00 bits per heavy atom. The SMILES string of the molecule is O=C([O-])C(F)(F)F.O=P([O-])([O-])OP(=O)(O)OP(=O)(O)O.[Al+3]. The Hall–Kier alpha value is 0.202. The smallest absolute Gasteiger partial charge is 0.789 e. The first-order chi connectivity index (χ1) is 8.36. The molecule has 0 amide bonds. The molecule has 1 unspecified atom stereocenters. The third-order valence-electron chi connectivity index (χ3n) is 0.644. The maximum atomic E-state index is 10.5. The average Bonchev–Trinajstić information content (AvgIpc) is 1.90. The van der Waals surface area contributed by atoms with Crippen molar-refractivity contribution in [3.8, 4) is 0 Å². The number of aliphatic carboxylic acids is 1. The number of carboxylic acids is 1. The average molecular weight is 396 g/mol. The van der Waals surface area contributed by atoms with Crippen LogP contribution in [0.5, 0.6) is 0 Å². The van der Waals surface area contributed by atoms with E-state index in [4.69, 9.17) is 24.6 Å². The second kappa shape index (κ2) is 8.74. The minimum absolute atomic E-state index is 0. The molecule has 0 rings (SSSR count). The first-order valence-corrected chi connectivity index (χ1v) is 7.95. The van der Waals surface area contributed by atoms with Gasteiger partial charge in [0.15, 0.2) is 0 Å². The fourth-order valence-electron chi connectivity index (χ4n) is 0.276. The van der Waals surface area contributed by atoms with Gasteiger partial charge in [0.1, 0.15) is 5.97 Å². The van der Waals surface area contributed by atoms with E-state index in [1.165, 1.54) is 0 Å². The second-order valence-corrected chi connectivity index (χ2v) is 6.47. The normalized spacial score (nSPS) is 15.0. The van der Waals surface area contributed by atoms with Gasteiger partial charge in [-0.05, 0) is 0 Å². The van der Waals surface area contributed by atoms with Crippen molar-refractivity contribution >= 4 is 46.8 Å². The maximum Gasteiger partial charge on any atom is 3.00 e. The number of rotatable bonds is 4. The molecule has 0 aromatic carbocycles. The standard InChI is InChI=1S/C2HF3O2.Al.H5O10P3/c3-2(4,5)1(6)7;;1-11(2,3)9-13(7,8)10-12(4,5)6/h(H,6,7);;(H,7,8)(H2,1,2,3)(H2,4,5,6)/q;+3;/p-3. The molecule has 3 N–H and O–H groups in total. The summed E-state index contributed by atoms with van der Waals surface area (Å²) in [6, 6.07) is 0. The predicted molar refractivity (Wildman–Crippen MR) is 48.5 cm³/mol. The van der Waals surface area contributed by atoms with Crippen LogP contribution in [0.1, 0.15) is 0 Å². The minimum atomic E-state index is -5.85. The molecule has 0 bridgehead atoms. The van der Waals surface area contributed by atoms with Crippen molar-refractivity contribution < 1.29 is 69.9 Å². The summed E-state index contributed by atoms with van der Waals surface area (Å²) in [6.45, 7) is 0. The topological polar surface area (TPSA) is 217 Å². The third kappa shape index (κ3) is 20.2. The monoisotopic (exact) mass is 396 g/mol. The molecule has 1 atom stereocenters. The van der Waals surface area contributed by atoms with Crippen LogP contribution < -0.4 is 14.9 Å². The van der Waals surface area contributed by atoms with Gasteiger partial charge >= 0.3 is 39.2 Å². The minimum Gasteiger partial charge on any atom is -0.789 e. The molecule has 0 aliphatic carbocycles. The number of carbonyl (C=O) groups is 1. The molecule has 0 radical (unpaired) electrons. The number of carboxylic acid groups (broad SMARTS) is 1. The molecule has 0 heterocycles. The third-order valence-corrected chi connectivity index (χ3v) is 3.95. The molecule has 0 fully saturated rings. The Kier molecular flexibility index (Phi) is 10.9. The van der Waals surface area contributed by atoms with Crippen LogP contribution in [0.25, 0.3) is 0 Å². The number of hydrogen-bond donors (Lipinski definition) is 3. The Morgan fingerprint density at radius 3 is 1.43 bits per heavy atom. The number of halogens is 3. The van der Waals surface area contributed by atoms with Gasteiger partial charge in [-0.15, -0.1) is 0 Å². The Balaban J connectivity index is -0.000000347. The van der Waals surface area contributed by atoms with E-state index in [0.29, 0.717) is 0 Å². The Labute approximate surface area is 123 Å². The number of carbonyl (C=O) groups excluding carboxylic acids is 1. The zero-order valence-electron chi connectivity index (χ0n) is 9.07. The molecule has 19 heteroatoms. The van der Waals surface area contributed by atoms with Crippen LogP contribution in [0.3, 0.4) is 0 Å². The molecule has 12 nitrogen and oxygen atoms in total. The van der Waals surface area contributed by atoms with Gasteiger partial charge < -0.3 is 38.9 Å². The summed E-state index contributed by atoms with van der Waals surface area (Å²) in [5, 5.41) is 8.78. The van der Waals surface area contributed by atoms with E-state index in [-0.39, 0.29) is 17.4 Å². The summed E-state index contributed by atoms with van der Waals surface area (Å²) in [6.07, 6.45) is -5.19. The van der Waals surface area contributed by atoms with E-state index < -0.39 is 35.6 Å². The molecule has 0 aromatic rings. The summed E-state index contributed by atoms with van der Waals surface area (Å²) in [7, 11) is -16.9. The van der Waals surface area contributed by atoms with Gasteiger partial charge in [-0.3, -0.25) is 4.31 Å². The van der Waals surface area contributed by atoms with Crippen molar-refractivity contribution in [2.45, 2.75) is 6.18 Å². The molecular weight excluding hydrogens is 393 g/mol. The van der Waals surface area contributed by atoms with Crippen LogP contribution >= 0.6 is 23.5 Å². The van der Waals surface area contributed by atoms with Crippen LogP contribution in [0.2, 0.25) is 0 Å². The summed E-state index contributed by atoms with van der Waals surface area (Å²) in [5.41, 5.74) is 0. The van der Waals surface area contributed by atoms with Crippen molar-refractivity contribution in [1.29, 1.82) is 0 Å². The summed E-state index contributed by atoms with van der Waals surface area (Å²) >= 11 is 0. The zero-order chi connectivity index (χ0) is 17.0. The first kappa shape index (κ1) is 26.1. The van der Waals surface area contributed by atoms with E-state index in [1.807, 2.05) is 0 Å². The summed E-state index contributed by atoms with van der Waals surface area (Å²) in [5.74, 6) is -3.01. The van der Waals surface area contributed by atoms with Crippen molar-refractivity contribution in [2.75, 3.05) is 0 Å². The van der Waals surface area contributed by atoms with Gasteiger partial charge in [-0.2, -0.15) is 17.5 Å². The number of alkyl halides is 3. The Morgan fingerprint density at radius 2 is 1.29 bits per heavy atom. The second-order valence-electron chi connectivity index (χ2n) is 2.35. The van der Waals surface area contributed by atoms with Crippen molar-refractivity contribution in [2.24, 2.45) is 0 Å². The van der Waals surface area contributed by atoms with Crippen LogP contribution in [-0.4, -0.2) is 44.2 Å². The van der Waals surface area contributed by atoms with Crippen molar-refractivity contribution in [3.05, 3.63) is 0 Å². The zero-order valence-corrected chi connectivity index (χ0v) is 12.9. The van der Waals surface area contributed by atoms with Crippen molar-refractivity contribution in [3.63, 3.8) is 0 Å². The molecule has 122 valence electrons. The summed E-state index contributed by atoms with van der Waals surface area (Å²) in [4.78, 5) is 52.3. The molecule has 21 heavy (non-hydrogen) atoms. The molecule has 0 spiro atoms. The molecule has 0 saturated carbocycles. The molecule has 0 aliphatic rings. The first-order valence-electron chi connectivity index (χ1n) is 3.47. The van der Waals surface area contributed by atoms with Crippen LogP contribution in [0.4, 0.5) is 13.2 Å². The molecule has 0 aliphatic heterocycles. The van der Waals surface area contributed by atoms with Gasteiger partial charge in [-0.1, -0.05) is 0 Å². The number of phosphoric acid groups is 3. The number of hydrogen-bond acceptors (Lipinski definition) is 9. The maximum absolute atomic E-state index is 10.5. The van der Waals surface area contributed by atoms with Gasteiger partial charge in [0.25, 0.3) is 0 Å². The van der Waals surface area contributed by atoms with E-state index >= 15 is 0 Å². The van der Waals surface area contributed by atoms with Crippen LogP contribution in [0.15, 0.2) is 0 Å². The molecular formula is C2H3AlF3O12P3. The van der Waals surface area contributed by atoms with E-state index in [9.17, 15) is 36.7 Å². The van der Waals surface area contributed by atoms with E-state index in [0.717, 1.165) is 0 Å². The molecule has 0 saturated heterocycles. The fourth-order valence-corrected chi connectivity index (χ4v) is 2.75. The fraction of sp³-hybridized carbons (Fsp3) is 0.500. The predicted octanol–water partition coefficient (Wildman–Crippen LogP) is -3.04. The quantitative estimate of drug-likeness (QED) is 0.319. The van der Waals surface area contributed by atoms with Gasteiger partial charge in [0.05, 0.1) is 7.82 Å². The van der Waals surface area contributed by atoms with E-state index in [1.54, 1.807) is 0 Å². The van der Waals surface area contributed by atoms with E-state index in [2.05, 4.69) is 8.62 Å². The van der Waals surface area contributed by atoms with Gasteiger partial charge in [-0.25, -0.2) is 9.13 Å². The van der Waals surface area contributed by atoms with Gasteiger partial charge in [0, 0.05) is 0 Å². The van der Waals surface area contributed by atoms with Gasteiger partial charge in [0.2, 0.25) is 0 Å². The largest absolute Gasteiger partial charge is 3.00 e. The van der Waals surface area contributed by atoms with Crippen LogP contribution in [-0.2, 0) is 27.1 Å². The summed E-state index contributed by atoms with van der Waals surface area (Å²) < 4.78 is 67.3. The Bertz CT molecular complexity index is 447. The molecule has 0 aromatic heterocycles. The van der Waals surface area contributed by atoms with Crippen molar-refractivity contribution in [1.82, 2.24) is 0 Å².